The first-order valence-corrected chi connectivity index (χ1v) is 5.13. The van der Waals surface area contributed by atoms with Crippen LogP contribution in [0.5, 0.6) is 0 Å². The molecule has 0 radical (unpaired) electrons. The molecule has 1 aromatic carbocycles. The van der Waals surface area contributed by atoms with Gasteiger partial charge in [0.15, 0.2) is 0 Å². The van der Waals surface area contributed by atoms with Crippen LogP contribution in [0.4, 0.5) is 4.79 Å². The van der Waals surface area contributed by atoms with Crippen LogP contribution in [0.1, 0.15) is 18.9 Å². The molecule has 0 aliphatic heterocycles. The topological polar surface area (TPSA) is 50.7 Å². The molecule has 1 aromatic rings. The molecule has 0 atom stereocenters. The second-order valence-corrected chi connectivity index (χ2v) is 3.44. The van der Waals surface area contributed by atoms with Gasteiger partial charge < -0.3 is 4.74 Å². The van der Waals surface area contributed by atoms with Gasteiger partial charge in [0.05, 0.1) is 7.11 Å². The van der Waals surface area contributed by atoms with Crippen molar-refractivity contribution in [1.29, 1.82) is 0 Å². The van der Waals surface area contributed by atoms with Gasteiger partial charge in [0, 0.05) is 5.71 Å². The zero-order valence-corrected chi connectivity index (χ0v) is 9.56. The first kappa shape index (κ1) is 12.2. The van der Waals surface area contributed by atoms with Crippen molar-refractivity contribution in [2.75, 3.05) is 7.11 Å². The summed E-state index contributed by atoms with van der Waals surface area (Å²) in [5.74, 6) is 0. The number of benzene rings is 1. The van der Waals surface area contributed by atoms with Gasteiger partial charge in [0.1, 0.15) is 0 Å². The number of hydrogen-bond acceptors (Lipinski definition) is 3. The second kappa shape index (κ2) is 6.61. The van der Waals surface area contributed by atoms with Crippen LogP contribution in [-0.4, -0.2) is 18.9 Å². The summed E-state index contributed by atoms with van der Waals surface area (Å²) in [5, 5.41) is 3.90. The maximum absolute atomic E-state index is 10.8. The van der Waals surface area contributed by atoms with Gasteiger partial charge in [0.25, 0.3) is 0 Å². The van der Waals surface area contributed by atoms with Crippen LogP contribution in [0.2, 0.25) is 0 Å². The monoisotopic (exact) mass is 220 g/mol. The molecule has 0 heterocycles. The van der Waals surface area contributed by atoms with E-state index in [4.69, 9.17) is 0 Å². The summed E-state index contributed by atoms with van der Waals surface area (Å²) in [6, 6.07) is 10.1. The lowest BCUT2D eigenvalue weighted by molar-refractivity contribution is 0.171. The number of methoxy groups -OCH3 is 1. The molecule has 16 heavy (non-hydrogen) atoms. The zero-order valence-electron chi connectivity index (χ0n) is 9.56. The number of hydrazone groups is 1. The van der Waals surface area contributed by atoms with Crippen LogP contribution < -0.4 is 5.43 Å². The van der Waals surface area contributed by atoms with E-state index in [1.807, 2.05) is 25.1 Å². The molecule has 4 nitrogen and oxygen atoms in total. The lowest BCUT2D eigenvalue weighted by atomic mass is 10.1. The molecule has 0 unspecified atom stereocenters. The van der Waals surface area contributed by atoms with E-state index in [0.717, 1.165) is 18.6 Å². The molecule has 4 heteroatoms. The molecule has 1 N–H and O–H groups in total. The molecule has 0 spiro atoms. The molecule has 1 amide bonds. The van der Waals surface area contributed by atoms with Crippen molar-refractivity contribution in [3.8, 4) is 0 Å². The van der Waals surface area contributed by atoms with Crippen LogP contribution in [0.3, 0.4) is 0 Å². The molecular formula is C12H16N2O2. The molecule has 86 valence electrons. The Kier molecular flexibility index (Phi) is 5.05. The van der Waals surface area contributed by atoms with Crippen molar-refractivity contribution < 1.29 is 9.53 Å². The van der Waals surface area contributed by atoms with Crippen molar-refractivity contribution in [3.05, 3.63) is 35.9 Å². The van der Waals surface area contributed by atoms with Gasteiger partial charge in [-0.25, -0.2) is 10.2 Å². The highest BCUT2D eigenvalue weighted by Gasteiger charge is 1.97. The largest absolute Gasteiger partial charge is 0.452 e. The Bertz CT molecular complexity index is 361. The third kappa shape index (κ3) is 4.59. The molecule has 0 aliphatic rings. The van der Waals surface area contributed by atoms with Crippen LogP contribution in [0.25, 0.3) is 0 Å². The van der Waals surface area contributed by atoms with E-state index in [0.29, 0.717) is 0 Å². The average molecular weight is 220 g/mol. The Morgan fingerprint density at radius 2 is 2.06 bits per heavy atom. The zero-order chi connectivity index (χ0) is 11.8. The quantitative estimate of drug-likeness (QED) is 0.625. The van der Waals surface area contributed by atoms with Gasteiger partial charge in [-0.15, -0.1) is 0 Å². The first-order chi connectivity index (χ1) is 7.72. The van der Waals surface area contributed by atoms with Crippen molar-refractivity contribution in [2.24, 2.45) is 5.10 Å². The summed E-state index contributed by atoms with van der Waals surface area (Å²) >= 11 is 0. The normalized spacial score (nSPS) is 11.0. The first-order valence-electron chi connectivity index (χ1n) is 5.13. The Hall–Kier alpha value is -1.84. The van der Waals surface area contributed by atoms with Crippen molar-refractivity contribution in [3.63, 3.8) is 0 Å². The van der Waals surface area contributed by atoms with Gasteiger partial charge in [-0.1, -0.05) is 30.3 Å². The number of amides is 1. The standard InChI is InChI=1S/C12H16N2O2/c1-10(13-14-12(15)16-2)8-9-11-6-4-3-5-7-11/h3-7H,8-9H2,1-2H3,(H,14,15)/b13-10+. The predicted molar refractivity (Wildman–Crippen MR) is 63.4 cm³/mol. The van der Waals surface area contributed by atoms with E-state index in [-0.39, 0.29) is 0 Å². The number of rotatable bonds is 4. The number of nitrogens with zero attached hydrogens (tertiary/aromatic N) is 1. The minimum atomic E-state index is -0.543. The summed E-state index contributed by atoms with van der Waals surface area (Å²) in [4.78, 5) is 10.8. The predicted octanol–water partition coefficient (Wildman–Crippen LogP) is 2.35. The molecule has 0 aliphatic carbocycles. The summed E-state index contributed by atoms with van der Waals surface area (Å²) in [7, 11) is 1.31. The lowest BCUT2D eigenvalue weighted by Crippen LogP contribution is -2.18. The van der Waals surface area contributed by atoms with Crippen LogP contribution in [0, 0.1) is 0 Å². The van der Waals surface area contributed by atoms with Gasteiger partial charge in [-0.05, 0) is 25.3 Å². The highest BCUT2D eigenvalue weighted by atomic mass is 16.5. The van der Waals surface area contributed by atoms with Crippen molar-refractivity contribution in [1.82, 2.24) is 5.43 Å². The van der Waals surface area contributed by atoms with Crippen LogP contribution >= 0.6 is 0 Å². The summed E-state index contributed by atoms with van der Waals surface area (Å²) < 4.78 is 4.41. The fourth-order valence-corrected chi connectivity index (χ4v) is 1.21. The van der Waals surface area contributed by atoms with Crippen LogP contribution in [-0.2, 0) is 11.2 Å². The molecule has 0 aromatic heterocycles. The fraction of sp³-hybridized carbons (Fsp3) is 0.333. The van der Waals surface area contributed by atoms with E-state index in [9.17, 15) is 4.79 Å². The Morgan fingerprint density at radius 1 is 1.38 bits per heavy atom. The van der Waals surface area contributed by atoms with E-state index < -0.39 is 6.09 Å². The van der Waals surface area contributed by atoms with Crippen LogP contribution in [0.15, 0.2) is 35.4 Å². The maximum Gasteiger partial charge on any atom is 0.427 e. The SMILES string of the molecule is COC(=O)N/N=C(\C)CCc1ccccc1. The van der Waals surface area contributed by atoms with Crippen molar-refractivity contribution >= 4 is 11.8 Å². The van der Waals surface area contributed by atoms with Gasteiger partial charge in [-0.3, -0.25) is 0 Å². The number of aryl methyl sites for hydroxylation is 1. The Balaban J connectivity index is 2.35. The van der Waals surface area contributed by atoms with E-state index in [1.54, 1.807) is 0 Å². The average Bonchev–Trinajstić information content (AvgIpc) is 2.34. The third-order valence-corrected chi connectivity index (χ3v) is 2.14. The second-order valence-electron chi connectivity index (χ2n) is 3.44. The van der Waals surface area contributed by atoms with Gasteiger partial charge >= 0.3 is 6.09 Å². The Labute approximate surface area is 95.3 Å². The molecular weight excluding hydrogens is 204 g/mol. The number of carbonyl (C=O) groups excluding carboxylic acids is 1. The number of ether oxygens (including phenoxy) is 1. The molecule has 1 rings (SSSR count). The number of carbonyl (C=O) groups is 1. The third-order valence-electron chi connectivity index (χ3n) is 2.14. The molecule has 0 saturated heterocycles. The Morgan fingerprint density at radius 3 is 2.69 bits per heavy atom. The molecule has 0 saturated carbocycles. The highest BCUT2D eigenvalue weighted by molar-refractivity contribution is 5.83. The summed E-state index contributed by atoms with van der Waals surface area (Å²) in [6.45, 7) is 1.87. The molecule has 0 bridgehead atoms. The number of hydrogen-bond donors (Lipinski definition) is 1. The molecule has 0 fully saturated rings. The van der Waals surface area contributed by atoms with E-state index in [1.165, 1.54) is 12.7 Å². The summed E-state index contributed by atoms with van der Waals surface area (Å²) in [5.41, 5.74) is 4.42. The minimum absolute atomic E-state index is 0.543. The van der Waals surface area contributed by atoms with Crippen molar-refractivity contribution in [2.45, 2.75) is 19.8 Å². The van der Waals surface area contributed by atoms with Gasteiger partial charge in [0.2, 0.25) is 0 Å². The minimum Gasteiger partial charge on any atom is -0.452 e. The smallest absolute Gasteiger partial charge is 0.427 e. The lowest BCUT2D eigenvalue weighted by Gasteiger charge is -2.02. The fourth-order valence-electron chi connectivity index (χ4n) is 1.21. The highest BCUT2D eigenvalue weighted by Crippen LogP contribution is 2.02. The maximum atomic E-state index is 10.8. The number of nitrogens with one attached hydrogen (secondary N) is 1. The van der Waals surface area contributed by atoms with E-state index in [2.05, 4.69) is 27.4 Å². The summed E-state index contributed by atoms with van der Waals surface area (Å²) in [6.07, 6.45) is 1.19. The van der Waals surface area contributed by atoms with E-state index >= 15 is 0 Å². The van der Waals surface area contributed by atoms with Gasteiger partial charge in [-0.2, -0.15) is 5.10 Å².